The van der Waals surface area contributed by atoms with Gasteiger partial charge in [0, 0.05) is 12.1 Å². The van der Waals surface area contributed by atoms with Crippen LogP contribution in [-0.2, 0) is 5.60 Å². The average Bonchev–Trinajstić information content (AvgIpc) is 2.70. The van der Waals surface area contributed by atoms with Crippen molar-refractivity contribution in [3.05, 3.63) is 29.3 Å². The highest BCUT2D eigenvalue weighted by Gasteiger charge is 2.44. The molecule has 2 aliphatic rings. The first kappa shape index (κ1) is 12.0. The molecule has 2 aliphatic heterocycles. The first-order valence-corrected chi connectivity index (χ1v) is 6.74. The van der Waals surface area contributed by atoms with E-state index in [4.69, 9.17) is 4.74 Å². The van der Waals surface area contributed by atoms with Gasteiger partial charge >= 0.3 is 0 Å². The van der Waals surface area contributed by atoms with Gasteiger partial charge < -0.3 is 15.2 Å². The molecule has 0 aliphatic carbocycles. The third-order valence-electron chi connectivity index (χ3n) is 4.45. The van der Waals surface area contributed by atoms with E-state index in [1.807, 2.05) is 18.2 Å². The van der Waals surface area contributed by atoms with Crippen LogP contribution in [0.4, 0.5) is 0 Å². The maximum Gasteiger partial charge on any atom is 0.119 e. The Kier molecular flexibility index (Phi) is 2.83. The largest absolute Gasteiger partial charge is 0.497 e. The Balaban J connectivity index is 1.98. The number of hydrogen-bond donors (Lipinski definition) is 2. The Morgan fingerprint density at radius 3 is 2.56 bits per heavy atom. The van der Waals surface area contributed by atoms with E-state index in [1.54, 1.807) is 7.11 Å². The van der Waals surface area contributed by atoms with Crippen LogP contribution in [0.5, 0.6) is 5.75 Å². The number of ether oxygens (including phenoxy) is 1. The Morgan fingerprint density at radius 2 is 1.94 bits per heavy atom. The Labute approximate surface area is 108 Å². The Bertz CT molecular complexity index is 446. The number of methoxy groups -OCH3 is 1. The summed E-state index contributed by atoms with van der Waals surface area (Å²) >= 11 is 0. The molecule has 1 aromatic carbocycles. The fraction of sp³-hybridized carbons (Fsp3) is 0.600. The van der Waals surface area contributed by atoms with Crippen LogP contribution in [0.1, 0.15) is 36.8 Å². The topological polar surface area (TPSA) is 41.5 Å². The number of aryl methyl sites for hydroxylation is 1. The van der Waals surface area contributed by atoms with Crippen LogP contribution in [0.15, 0.2) is 18.2 Å². The normalized spacial score (nSPS) is 34.6. The highest BCUT2D eigenvalue weighted by atomic mass is 16.5. The van der Waals surface area contributed by atoms with E-state index in [-0.39, 0.29) is 0 Å². The standard InChI is InChI=1S/C15H21NO2/c1-10-3-6-13(18-2)7-14(10)15(17)8-11-4-5-12(9-15)16-11/h3,6-7,11-12,16-17H,4-5,8-9H2,1-2H3. The van der Waals surface area contributed by atoms with E-state index < -0.39 is 5.60 Å². The lowest BCUT2D eigenvalue weighted by molar-refractivity contribution is -0.0121. The molecule has 2 bridgehead atoms. The van der Waals surface area contributed by atoms with Crippen molar-refractivity contribution in [1.29, 1.82) is 0 Å². The van der Waals surface area contributed by atoms with Gasteiger partial charge in [-0.1, -0.05) is 6.07 Å². The van der Waals surface area contributed by atoms with Crippen LogP contribution in [0.25, 0.3) is 0 Å². The predicted octanol–water partition coefficient (Wildman–Crippen LogP) is 2.11. The second-order valence-corrected chi connectivity index (χ2v) is 5.76. The quantitative estimate of drug-likeness (QED) is 0.841. The van der Waals surface area contributed by atoms with Gasteiger partial charge in [0.2, 0.25) is 0 Å². The molecule has 0 radical (unpaired) electrons. The molecule has 2 fully saturated rings. The van der Waals surface area contributed by atoms with Crippen molar-refractivity contribution in [1.82, 2.24) is 5.32 Å². The van der Waals surface area contributed by atoms with Gasteiger partial charge in [-0.15, -0.1) is 0 Å². The molecule has 2 N–H and O–H groups in total. The van der Waals surface area contributed by atoms with Crippen molar-refractivity contribution < 1.29 is 9.84 Å². The summed E-state index contributed by atoms with van der Waals surface area (Å²) < 4.78 is 5.29. The van der Waals surface area contributed by atoms with Gasteiger partial charge in [0.05, 0.1) is 12.7 Å². The van der Waals surface area contributed by atoms with Gasteiger partial charge in [-0.05, 0) is 55.9 Å². The molecular weight excluding hydrogens is 226 g/mol. The van der Waals surface area contributed by atoms with Crippen LogP contribution in [0.3, 0.4) is 0 Å². The number of piperidine rings is 1. The predicted molar refractivity (Wildman–Crippen MR) is 70.8 cm³/mol. The second-order valence-electron chi connectivity index (χ2n) is 5.76. The van der Waals surface area contributed by atoms with Crippen LogP contribution in [-0.4, -0.2) is 24.3 Å². The number of rotatable bonds is 2. The summed E-state index contributed by atoms with van der Waals surface area (Å²) in [5, 5.41) is 14.6. The summed E-state index contributed by atoms with van der Waals surface area (Å²) in [4.78, 5) is 0. The van der Waals surface area contributed by atoms with E-state index in [2.05, 4.69) is 12.2 Å². The number of benzene rings is 1. The lowest BCUT2D eigenvalue weighted by Crippen LogP contribution is -2.47. The summed E-state index contributed by atoms with van der Waals surface area (Å²) in [5.41, 5.74) is 1.51. The SMILES string of the molecule is COc1ccc(C)c(C2(O)CC3CCC(C2)N3)c1. The lowest BCUT2D eigenvalue weighted by Gasteiger charge is -2.38. The number of hydrogen-bond acceptors (Lipinski definition) is 3. The summed E-state index contributed by atoms with van der Waals surface area (Å²) in [6.45, 7) is 2.07. The number of aliphatic hydroxyl groups is 1. The first-order chi connectivity index (χ1) is 8.60. The summed E-state index contributed by atoms with van der Waals surface area (Å²) in [5.74, 6) is 0.829. The van der Waals surface area contributed by atoms with E-state index in [0.717, 1.165) is 29.7 Å². The fourth-order valence-corrected chi connectivity index (χ4v) is 3.57. The second kappa shape index (κ2) is 4.25. The van der Waals surface area contributed by atoms with Gasteiger partial charge in [-0.25, -0.2) is 0 Å². The molecule has 3 rings (SSSR count). The van der Waals surface area contributed by atoms with Crippen molar-refractivity contribution >= 4 is 0 Å². The summed E-state index contributed by atoms with van der Waals surface area (Å²) in [7, 11) is 1.67. The summed E-state index contributed by atoms with van der Waals surface area (Å²) in [6, 6.07) is 6.94. The van der Waals surface area contributed by atoms with Gasteiger partial charge in [0.25, 0.3) is 0 Å². The zero-order chi connectivity index (χ0) is 12.8. The van der Waals surface area contributed by atoms with Crippen molar-refractivity contribution in [2.75, 3.05) is 7.11 Å². The van der Waals surface area contributed by atoms with Crippen LogP contribution in [0, 0.1) is 6.92 Å². The van der Waals surface area contributed by atoms with Crippen molar-refractivity contribution in [2.24, 2.45) is 0 Å². The molecule has 2 saturated heterocycles. The molecule has 0 saturated carbocycles. The minimum Gasteiger partial charge on any atom is -0.497 e. The molecule has 2 heterocycles. The Hall–Kier alpha value is -1.06. The molecular formula is C15H21NO2. The van der Waals surface area contributed by atoms with Gasteiger partial charge in [-0.3, -0.25) is 0 Å². The van der Waals surface area contributed by atoms with E-state index in [1.165, 1.54) is 12.8 Å². The highest BCUT2D eigenvalue weighted by molar-refractivity contribution is 5.39. The smallest absolute Gasteiger partial charge is 0.119 e. The zero-order valence-corrected chi connectivity index (χ0v) is 11.1. The Morgan fingerprint density at radius 1 is 1.28 bits per heavy atom. The molecule has 1 aromatic rings. The monoisotopic (exact) mass is 247 g/mol. The maximum absolute atomic E-state index is 11.0. The van der Waals surface area contributed by atoms with E-state index in [0.29, 0.717) is 12.1 Å². The lowest BCUT2D eigenvalue weighted by atomic mass is 9.79. The first-order valence-electron chi connectivity index (χ1n) is 6.74. The van der Waals surface area contributed by atoms with Crippen LogP contribution >= 0.6 is 0 Å². The summed E-state index contributed by atoms with van der Waals surface area (Å²) in [6.07, 6.45) is 4.01. The average molecular weight is 247 g/mol. The van der Waals surface area contributed by atoms with Crippen molar-refractivity contribution in [2.45, 2.75) is 50.3 Å². The molecule has 0 amide bonds. The molecule has 0 spiro atoms. The van der Waals surface area contributed by atoms with Gasteiger partial charge in [-0.2, -0.15) is 0 Å². The van der Waals surface area contributed by atoms with Crippen LogP contribution < -0.4 is 10.1 Å². The minimum absolute atomic E-state index is 0.472. The third-order valence-corrected chi connectivity index (χ3v) is 4.45. The highest BCUT2D eigenvalue weighted by Crippen LogP contribution is 2.42. The van der Waals surface area contributed by atoms with Crippen molar-refractivity contribution in [3.8, 4) is 5.75 Å². The molecule has 3 heteroatoms. The van der Waals surface area contributed by atoms with E-state index >= 15 is 0 Å². The fourth-order valence-electron chi connectivity index (χ4n) is 3.57. The molecule has 3 nitrogen and oxygen atoms in total. The molecule has 2 atom stereocenters. The molecule has 98 valence electrons. The minimum atomic E-state index is -0.685. The maximum atomic E-state index is 11.0. The van der Waals surface area contributed by atoms with E-state index in [9.17, 15) is 5.11 Å². The van der Waals surface area contributed by atoms with Gasteiger partial charge in [0.15, 0.2) is 0 Å². The third kappa shape index (κ3) is 1.91. The zero-order valence-electron chi connectivity index (χ0n) is 11.1. The number of fused-ring (bicyclic) bond motifs is 2. The molecule has 18 heavy (non-hydrogen) atoms. The van der Waals surface area contributed by atoms with Crippen LogP contribution in [0.2, 0.25) is 0 Å². The number of nitrogens with one attached hydrogen (secondary N) is 1. The van der Waals surface area contributed by atoms with Gasteiger partial charge in [0.1, 0.15) is 5.75 Å². The molecule has 0 aromatic heterocycles. The van der Waals surface area contributed by atoms with Crippen molar-refractivity contribution in [3.63, 3.8) is 0 Å². The molecule has 2 unspecified atom stereocenters.